The molecule has 0 bridgehead atoms. The van der Waals surface area contributed by atoms with E-state index in [9.17, 15) is 0 Å². The van der Waals surface area contributed by atoms with Crippen molar-refractivity contribution in [3.05, 3.63) is 147 Å². The molecule has 0 saturated carbocycles. The summed E-state index contributed by atoms with van der Waals surface area (Å²) < 4.78 is 1.42. The van der Waals surface area contributed by atoms with Crippen LogP contribution in [0.15, 0.2) is 119 Å². The van der Waals surface area contributed by atoms with Crippen LogP contribution in [0.5, 0.6) is 0 Å². The minimum atomic E-state index is -1.22. The van der Waals surface area contributed by atoms with Crippen molar-refractivity contribution in [1.29, 1.82) is 0 Å². The van der Waals surface area contributed by atoms with Crippen molar-refractivity contribution in [1.82, 2.24) is 0 Å². The summed E-state index contributed by atoms with van der Waals surface area (Å²) in [6, 6.07) is 36.7. The van der Waals surface area contributed by atoms with Gasteiger partial charge in [0.05, 0.1) is 8.07 Å². The Hall–Kier alpha value is -2.37. The average Bonchev–Trinajstić information content (AvgIpc) is 3.61. The number of rotatable bonds is 5. The number of allylic oxidation sites excluding steroid dienone is 4. The molecule has 0 fully saturated rings. The summed E-state index contributed by atoms with van der Waals surface area (Å²) in [5.74, 6) is 0. The van der Waals surface area contributed by atoms with Crippen molar-refractivity contribution < 1.29 is 24.2 Å². The van der Waals surface area contributed by atoms with E-state index in [4.69, 9.17) is 0 Å². The molecule has 0 radical (unpaired) electrons. The Kier molecular flexibility index (Phi) is 11.7. The van der Waals surface area contributed by atoms with E-state index in [1.54, 1.807) is 5.20 Å². The third-order valence-corrected chi connectivity index (χ3v) is 16.7. The molecule has 0 N–H and O–H groups in total. The zero-order valence-corrected chi connectivity index (χ0v) is 35.5. The SMILES string of the molecule is C[Si](C)(C)C1=[C-]CC([Si](C)(C)C)=C1[Si](C)(C)C.Cc1ccc2c(c1)[cH-]c1cc(C)ccc12.[Zr+2]=[C](c1ccccc1)c1ccccc1. The maximum atomic E-state index is 3.78. The van der Waals surface area contributed by atoms with Crippen LogP contribution >= 0.6 is 0 Å². The summed E-state index contributed by atoms with van der Waals surface area (Å²) >= 11 is 1.46. The van der Waals surface area contributed by atoms with Crippen LogP contribution in [-0.2, 0) is 24.2 Å². The van der Waals surface area contributed by atoms with E-state index in [2.05, 4.69) is 182 Å². The fraction of sp³-hybridized carbons (Fsp3) is 0.286. The van der Waals surface area contributed by atoms with E-state index in [1.807, 2.05) is 10.4 Å². The second kappa shape index (κ2) is 14.8. The predicted molar refractivity (Wildman–Crippen MR) is 211 cm³/mol. The Bertz CT molecular complexity index is 1770. The van der Waals surface area contributed by atoms with Gasteiger partial charge in [0, 0.05) is 8.07 Å². The van der Waals surface area contributed by atoms with Crippen LogP contribution in [0.25, 0.3) is 21.5 Å². The second-order valence-corrected chi connectivity index (χ2v) is 32.1. The normalized spacial score (nSPS) is 13.6. The zero-order valence-electron chi connectivity index (χ0n) is 30.0. The molecule has 4 heteroatoms. The van der Waals surface area contributed by atoms with Gasteiger partial charge in [-0.25, -0.2) is 10.4 Å². The summed E-state index contributed by atoms with van der Waals surface area (Å²) in [7, 11) is -3.60. The summed E-state index contributed by atoms with van der Waals surface area (Å²) in [6.07, 6.45) is 4.93. The van der Waals surface area contributed by atoms with Gasteiger partial charge in [0.25, 0.3) is 0 Å². The van der Waals surface area contributed by atoms with E-state index in [-0.39, 0.29) is 0 Å². The van der Waals surface area contributed by atoms with Gasteiger partial charge in [-0.3, -0.25) is 6.08 Å². The molecule has 46 heavy (non-hydrogen) atoms. The molecular weight excluding hydrogens is 680 g/mol. The quantitative estimate of drug-likeness (QED) is 0.125. The first kappa shape index (κ1) is 36.5. The molecule has 0 amide bonds. The first-order chi connectivity index (χ1) is 21.5. The number of aryl methyl sites for hydroxylation is 2. The van der Waals surface area contributed by atoms with Crippen LogP contribution in [-0.4, -0.2) is 27.4 Å². The first-order valence-corrected chi connectivity index (χ1v) is 28.3. The van der Waals surface area contributed by atoms with Crippen LogP contribution in [0.1, 0.15) is 28.7 Å². The van der Waals surface area contributed by atoms with Crippen molar-refractivity contribution in [2.75, 3.05) is 0 Å². The monoisotopic (exact) mass is 730 g/mol. The van der Waals surface area contributed by atoms with Gasteiger partial charge < -0.3 is 0 Å². The van der Waals surface area contributed by atoms with Gasteiger partial charge in [-0.2, -0.15) is 5.20 Å². The van der Waals surface area contributed by atoms with Gasteiger partial charge >= 0.3 is 99.2 Å². The van der Waals surface area contributed by atoms with Gasteiger partial charge in [-0.05, 0) is 21.9 Å². The van der Waals surface area contributed by atoms with E-state index >= 15 is 0 Å². The molecule has 0 atom stereocenters. The molecule has 5 aromatic rings. The van der Waals surface area contributed by atoms with Gasteiger partial charge in [-0.15, -0.1) is 46.2 Å². The van der Waals surface area contributed by atoms with Crippen molar-refractivity contribution in [2.24, 2.45) is 0 Å². The van der Waals surface area contributed by atoms with Gasteiger partial charge in [-0.1, -0.05) is 94.3 Å². The predicted octanol–water partition coefficient (Wildman–Crippen LogP) is 12.2. The Labute approximate surface area is 297 Å². The third kappa shape index (κ3) is 9.16. The molecule has 0 nitrogen and oxygen atoms in total. The Morgan fingerprint density at radius 3 is 1.39 bits per heavy atom. The Balaban J connectivity index is 0.000000157. The van der Waals surface area contributed by atoms with Crippen LogP contribution in [0.3, 0.4) is 0 Å². The summed E-state index contributed by atoms with van der Waals surface area (Å²) in [4.78, 5) is 0. The van der Waals surface area contributed by atoms with Crippen molar-refractivity contribution >= 4 is 49.0 Å². The zero-order chi connectivity index (χ0) is 33.9. The fourth-order valence-electron chi connectivity index (χ4n) is 6.25. The molecule has 1 aliphatic carbocycles. The van der Waals surface area contributed by atoms with Crippen molar-refractivity contribution in [3.63, 3.8) is 0 Å². The molecule has 6 rings (SSSR count). The van der Waals surface area contributed by atoms with Crippen LogP contribution in [0.2, 0.25) is 58.9 Å². The molecule has 1 aliphatic rings. The van der Waals surface area contributed by atoms with Crippen LogP contribution in [0, 0.1) is 19.9 Å². The van der Waals surface area contributed by atoms with E-state index in [0.717, 1.165) is 6.42 Å². The molecule has 5 aromatic carbocycles. The maximum absolute atomic E-state index is 3.78. The Morgan fingerprint density at radius 2 is 1.02 bits per heavy atom. The molecule has 0 saturated heterocycles. The summed E-state index contributed by atoms with van der Waals surface area (Å²) in [5.41, 5.74) is 5.32. The number of benzene rings is 4. The third-order valence-electron chi connectivity index (χ3n) is 8.54. The summed E-state index contributed by atoms with van der Waals surface area (Å²) in [5, 5.41) is 10.8. The number of hydrogen-bond acceptors (Lipinski definition) is 0. The molecule has 0 unspecified atom stereocenters. The molecule has 236 valence electrons. The number of fused-ring (bicyclic) bond motifs is 3. The van der Waals surface area contributed by atoms with Gasteiger partial charge in [0.2, 0.25) is 0 Å². The summed E-state index contributed by atoms with van der Waals surface area (Å²) in [6.45, 7) is 26.7. The second-order valence-electron chi connectivity index (χ2n) is 15.8. The molecule has 0 spiro atoms. The fourth-order valence-corrected chi connectivity index (χ4v) is 16.5. The van der Waals surface area contributed by atoms with Crippen molar-refractivity contribution in [3.8, 4) is 0 Å². The standard InChI is InChI=1S/C15H13.C14H29Si3.C13H10.Zr/c1-10-3-5-14-12(7-10)9-13-8-11(2)4-6-15(13)14;1-15(2,3)12-10-11-13(16(4,5)6)14(12)17(7,8)9;1-3-7-12(8-4-1)11-13-9-5-2-6-10-13;/h3-9H,1-2H3;10H2,1-9H3;1-10H;/q2*-1;;+2. The van der Waals surface area contributed by atoms with Crippen LogP contribution < -0.4 is 0 Å². The first-order valence-electron chi connectivity index (χ1n) is 16.6. The molecule has 0 aromatic heterocycles. The van der Waals surface area contributed by atoms with Crippen molar-refractivity contribution in [2.45, 2.75) is 79.2 Å². The molecule has 0 heterocycles. The topological polar surface area (TPSA) is 0 Å². The van der Waals surface area contributed by atoms with E-state index in [0.29, 0.717) is 0 Å². The average molecular weight is 732 g/mol. The van der Waals surface area contributed by atoms with Crippen LogP contribution in [0.4, 0.5) is 0 Å². The van der Waals surface area contributed by atoms with Gasteiger partial charge in [0.1, 0.15) is 0 Å². The minimum absolute atomic E-state index is 1.15. The van der Waals surface area contributed by atoms with Gasteiger partial charge in [0.15, 0.2) is 0 Å². The number of hydrogen-bond donors (Lipinski definition) is 0. The molecular formula is C42H52Si3Zr. The van der Waals surface area contributed by atoms with E-state index < -0.39 is 24.2 Å². The Morgan fingerprint density at radius 1 is 0.587 bits per heavy atom. The van der Waals surface area contributed by atoms with E-state index in [1.165, 1.54) is 71.2 Å². The molecule has 0 aliphatic heterocycles.